The quantitative estimate of drug-likeness (QED) is 0.740. The highest BCUT2D eigenvalue weighted by Gasteiger charge is 2.07. The van der Waals surface area contributed by atoms with Gasteiger partial charge in [0.1, 0.15) is 0 Å². The van der Waals surface area contributed by atoms with Gasteiger partial charge in [0.05, 0.1) is 6.10 Å². The second-order valence-electron chi connectivity index (χ2n) is 2.32. The summed E-state index contributed by atoms with van der Waals surface area (Å²) in [6.07, 6.45) is 3.37. The van der Waals surface area contributed by atoms with Gasteiger partial charge in [0, 0.05) is 23.0 Å². The number of halogens is 1. The zero-order valence-electron chi connectivity index (χ0n) is 6.29. The fraction of sp³-hybridized carbons (Fsp3) is 0.375. The van der Waals surface area contributed by atoms with Crippen molar-refractivity contribution < 1.29 is 5.11 Å². The first kappa shape index (κ1) is 8.50. The van der Waals surface area contributed by atoms with E-state index < -0.39 is 6.10 Å². The van der Waals surface area contributed by atoms with E-state index >= 15 is 0 Å². The molecule has 0 aliphatic rings. The van der Waals surface area contributed by atoms with Crippen LogP contribution in [0.15, 0.2) is 18.5 Å². The molecule has 0 aliphatic heterocycles. The highest BCUT2D eigenvalue weighted by molar-refractivity contribution is 6.31. The normalized spacial score (nSPS) is 13.0. The second-order valence-corrected chi connectivity index (χ2v) is 2.73. The summed E-state index contributed by atoms with van der Waals surface area (Å²) in [5.74, 6) is 0. The highest BCUT2D eigenvalue weighted by Crippen LogP contribution is 2.22. The molecule has 11 heavy (non-hydrogen) atoms. The first-order valence-electron chi connectivity index (χ1n) is 3.53. The lowest BCUT2D eigenvalue weighted by atomic mass is 10.1. The standard InChI is InChI=1S/C8H10ClNO/c1-2-8(11)6-5-10-4-3-7(6)9/h3-5,8,11H,2H2,1H3/t8-/m0/s1. The average Bonchev–Trinajstić information content (AvgIpc) is 2.04. The molecular weight excluding hydrogens is 162 g/mol. The number of hydrogen-bond donors (Lipinski definition) is 1. The summed E-state index contributed by atoms with van der Waals surface area (Å²) in [7, 11) is 0. The zero-order chi connectivity index (χ0) is 8.27. The van der Waals surface area contributed by atoms with E-state index in [9.17, 15) is 5.11 Å². The molecule has 0 aliphatic carbocycles. The third-order valence-electron chi connectivity index (χ3n) is 1.54. The van der Waals surface area contributed by atoms with Gasteiger partial charge in [-0.25, -0.2) is 0 Å². The van der Waals surface area contributed by atoms with Crippen LogP contribution in [0.4, 0.5) is 0 Å². The highest BCUT2D eigenvalue weighted by atomic mass is 35.5. The lowest BCUT2D eigenvalue weighted by molar-refractivity contribution is 0.173. The summed E-state index contributed by atoms with van der Waals surface area (Å²) in [6.45, 7) is 1.90. The Morgan fingerprint density at radius 3 is 3.00 bits per heavy atom. The predicted octanol–water partition coefficient (Wildman–Crippen LogP) is 2.18. The minimum atomic E-state index is -0.490. The third kappa shape index (κ3) is 1.91. The molecule has 1 rings (SSSR count). The van der Waals surface area contributed by atoms with Crippen molar-refractivity contribution in [2.75, 3.05) is 0 Å². The van der Waals surface area contributed by atoms with Crippen molar-refractivity contribution in [2.45, 2.75) is 19.4 Å². The van der Waals surface area contributed by atoms with E-state index in [4.69, 9.17) is 11.6 Å². The number of pyridine rings is 1. The van der Waals surface area contributed by atoms with Crippen molar-refractivity contribution in [3.05, 3.63) is 29.0 Å². The van der Waals surface area contributed by atoms with E-state index in [0.717, 1.165) is 0 Å². The summed E-state index contributed by atoms with van der Waals surface area (Å²) >= 11 is 5.80. The molecule has 0 amide bonds. The van der Waals surface area contributed by atoms with Gasteiger partial charge in [-0.15, -0.1) is 0 Å². The minimum Gasteiger partial charge on any atom is -0.388 e. The number of aliphatic hydroxyl groups excluding tert-OH is 1. The Bertz CT molecular complexity index is 239. The molecule has 3 heteroatoms. The second kappa shape index (κ2) is 3.69. The van der Waals surface area contributed by atoms with Gasteiger partial charge in [-0.2, -0.15) is 0 Å². The van der Waals surface area contributed by atoms with Crippen LogP contribution < -0.4 is 0 Å². The summed E-state index contributed by atoms with van der Waals surface area (Å²) in [6, 6.07) is 1.68. The lowest BCUT2D eigenvalue weighted by Gasteiger charge is -2.07. The van der Waals surface area contributed by atoms with Crippen LogP contribution in [0.25, 0.3) is 0 Å². The van der Waals surface area contributed by atoms with Gasteiger partial charge in [-0.3, -0.25) is 4.98 Å². The number of nitrogens with zero attached hydrogens (tertiary/aromatic N) is 1. The van der Waals surface area contributed by atoms with Crippen LogP contribution >= 0.6 is 11.6 Å². The lowest BCUT2D eigenvalue weighted by Crippen LogP contribution is -1.96. The molecule has 0 aromatic carbocycles. The van der Waals surface area contributed by atoms with Crippen molar-refractivity contribution in [2.24, 2.45) is 0 Å². The number of hydrogen-bond acceptors (Lipinski definition) is 2. The van der Waals surface area contributed by atoms with Gasteiger partial charge in [-0.1, -0.05) is 18.5 Å². The summed E-state index contributed by atoms with van der Waals surface area (Å²) in [4.78, 5) is 3.87. The minimum absolute atomic E-state index is 0.490. The SMILES string of the molecule is CC[C@H](O)c1cnccc1Cl. The Morgan fingerprint density at radius 1 is 1.73 bits per heavy atom. The topological polar surface area (TPSA) is 33.1 Å². The van der Waals surface area contributed by atoms with Gasteiger partial charge in [0.25, 0.3) is 0 Å². The number of aromatic nitrogens is 1. The first-order chi connectivity index (χ1) is 5.25. The van der Waals surface area contributed by atoms with Crippen LogP contribution in [0.2, 0.25) is 5.02 Å². The van der Waals surface area contributed by atoms with Crippen molar-refractivity contribution in [1.82, 2.24) is 4.98 Å². The average molecular weight is 172 g/mol. The molecule has 1 aromatic heterocycles. The maximum atomic E-state index is 9.39. The van der Waals surface area contributed by atoms with Gasteiger partial charge < -0.3 is 5.11 Å². The van der Waals surface area contributed by atoms with Gasteiger partial charge >= 0.3 is 0 Å². The van der Waals surface area contributed by atoms with Crippen molar-refractivity contribution in [1.29, 1.82) is 0 Å². The maximum absolute atomic E-state index is 9.39. The van der Waals surface area contributed by atoms with Gasteiger partial charge in [0.15, 0.2) is 0 Å². The Morgan fingerprint density at radius 2 is 2.45 bits per heavy atom. The molecule has 1 atom stereocenters. The molecule has 2 nitrogen and oxygen atoms in total. The van der Waals surface area contributed by atoms with E-state index in [1.54, 1.807) is 18.5 Å². The zero-order valence-corrected chi connectivity index (χ0v) is 7.04. The van der Waals surface area contributed by atoms with Crippen LogP contribution in [0.1, 0.15) is 25.0 Å². The Balaban J connectivity index is 2.93. The molecule has 1 aromatic rings. The van der Waals surface area contributed by atoms with Crippen LogP contribution in [0.5, 0.6) is 0 Å². The molecule has 0 radical (unpaired) electrons. The van der Waals surface area contributed by atoms with E-state index in [2.05, 4.69) is 4.98 Å². The molecule has 0 saturated carbocycles. The first-order valence-corrected chi connectivity index (χ1v) is 3.91. The van der Waals surface area contributed by atoms with Crippen LogP contribution in [-0.4, -0.2) is 10.1 Å². The van der Waals surface area contributed by atoms with E-state index in [-0.39, 0.29) is 0 Å². The fourth-order valence-corrected chi connectivity index (χ4v) is 1.09. The van der Waals surface area contributed by atoms with Crippen LogP contribution in [0.3, 0.4) is 0 Å². The molecule has 0 unspecified atom stereocenters. The monoisotopic (exact) mass is 171 g/mol. The third-order valence-corrected chi connectivity index (χ3v) is 1.89. The molecule has 0 bridgehead atoms. The van der Waals surface area contributed by atoms with Crippen molar-refractivity contribution in [3.63, 3.8) is 0 Å². The van der Waals surface area contributed by atoms with Crippen LogP contribution in [0, 0.1) is 0 Å². The van der Waals surface area contributed by atoms with E-state index in [0.29, 0.717) is 17.0 Å². The van der Waals surface area contributed by atoms with E-state index in [1.807, 2.05) is 6.92 Å². The molecule has 0 saturated heterocycles. The number of rotatable bonds is 2. The van der Waals surface area contributed by atoms with Gasteiger partial charge in [0.2, 0.25) is 0 Å². The molecule has 60 valence electrons. The molecule has 0 fully saturated rings. The van der Waals surface area contributed by atoms with E-state index in [1.165, 1.54) is 0 Å². The Labute approximate surface area is 70.8 Å². The maximum Gasteiger partial charge on any atom is 0.0816 e. The summed E-state index contributed by atoms with van der Waals surface area (Å²) in [5, 5.41) is 9.96. The fourth-order valence-electron chi connectivity index (χ4n) is 0.855. The van der Waals surface area contributed by atoms with Gasteiger partial charge in [-0.05, 0) is 12.5 Å². The predicted molar refractivity (Wildman–Crippen MR) is 44.5 cm³/mol. The smallest absolute Gasteiger partial charge is 0.0816 e. The Kier molecular flexibility index (Phi) is 2.85. The molecular formula is C8H10ClNO. The molecule has 1 heterocycles. The summed E-state index contributed by atoms with van der Waals surface area (Å²) in [5.41, 5.74) is 0.705. The largest absolute Gasteiger partial charge is 0.388 e. The van der Waals surface area contributed by atoms with Crippen LogP contribution in [-0.2, 0) is 0 Å². The Hall–Kier alpha value is -0.600. The summed E-state index contributed by atoms with van der Waals surface area (Å²) < 4.78 is 0. The van der Waals surface area contributed by atoms with Crippen molar-refractivity contribution in [3.8, 4) is 0 Å². The molecule has 0 spiro atoms. The van der Waals surface area contributed by atoms with Crippen molar-refractivity contribution >= 4 is 11.6 Å². The number of aliphatic hydroxyl groups is 1. The molecule has 1 N–H and O–H groups in total.